The van der Waals surface area contributed by atoms with Crippen molar-refractivity contribution in [1.82, 2.24) is 9.88 Å². The molecule has 4 aromatic rings. The summed E-state index contributed by atoms with van der Waals surface area (Å²) in [5.41, 5.74) is 9.42. The third-order valence-corrected chi connectivity index (χ3v) is 7.27. The highest BCUT2D eigenvalue weighted by atomic mass is 16.5. The van der Waals surface area contributed by atoms with Crippen LogP contribution in [-0.2, 0) is 30.9 Å². The molecule has 1 atom stereocenters. The molecule has 0 spiro atoms. The van der Waals surface area contributed by atoms with Crippen molar-refractivity contribution in [3.05, 3.63) is 118 Å². The number of hydrogen-bond acceptors (Lipinski definition) is 5. The van der Waals surface area contributed by atoms with Gasteiger partial charge in [0.25, 0.3) is 0 Å². The molecule has 0 aliphatic carbocycles. The maximum atomic E-state index is 12.0. The zero-order chi connectivity index (χ0) is 26.6. The van der Waals surface area contributed by atoms with Crippen molar-refractivity contribution >= 4 is 5.97 Å². The Morgan fingerprint density at radius 2 is 1.87 bits per heavy atom. The summed E-state index contributed by atoms with van der Waals surface area (Å²) in [5.74, 6) is -0.103. The molecule has 0 unspecified atom stereocenters. The summed E-state index contributed by atoms with van der Waals surface area (Å²) in [5, 5.41) is 19.0. The van der Waals surface area contributed by atoms with E-state index in [0.29, 0.717) is 31.7 Å². The van der Waals surface area contributed by atoms with Gasteiger partial charge in [-0.1, -0.05) is 48.5 Å². The smallest absolute Gasteiger partial charge is 0.321 e. The van der Waals surface area contributed by atoms with E-state index in [0.717, 1.165) is 28.0 Å². The lowest BCUT2D eigenvalue weighted by Gasteiger charge is -2.34. The minimum atomic E-state index is -0.857. The topological polar surface area (TPSA) is 86.5 Å². The van der Waals surface area contributed by atoms with Crippen LogP contribution in [-0.4, -0.2) is 27.0 Å². The normalized spacial score (nSPS) is 14.9. The Morgan fingerprint density at radius 3 is 2.63 bits per heavy atom. The number of ether oxygens (including phenoxy) is 1. The van der Waals surface area contributed by atoms with Crippen LogP contribution in [0.15, 0.2) is 79.1 Å². The van der Waals surface area contributed by atoms with Crippen molar-refractivity contribution < 1.29 is 14.6 Å². The molecule has 1 aliphatic heterocycles. The van der Waals surface area contributed by atoms with Gasteiger partial charge in [-0.25, -0.2) is 0 Å². The number of fused-ring (bicyclic) bond motifs is 1. The van der Waals surface area contributed by atoms with E-state index in [9.17, 15) is 15.2 Å². The molecule has 0 fully saturated rings. The minimum Gasteiger partial charge on any atom is -0.489 e. The van der Waals surface area contributed by atoms with Crippen LogP contribution in [0.5, 0.6) is 5.75 Å². The van der Waals surface area contributed by atoms with Crippen molar-refractivity contribution in [3.63, 3.8) is 0 Å². The monoisotopic (exact) mass is 503 g/mol. The predicted molar refractivity (Wildman–Crippen MR) is 145 cm³/mol. The quantitative estimate of drug-likeness (QED) is 0.342. The van der Waals surface area contributed by atoms with Crippen LogP contribution in [0.4, 0.5) is 0 Å². The number of aliphatic carboxylic acids is 1. The number of pyridine rings is 1. The first kappa shape index (κ1) is 25.2. The Hall–Kier alpha value is -4.47. The molecule has 6 nitrogen and oxygen atoms in total. The molecule has 5 rings (SSSR count). The minimum absolute atomic E-state index is 0.400. The fourth-order valence-corrected chi connectivity index (χ4v) is 5.00. The molecule has 0 amide bonds. The van der Waals surface area contributed by atoms with E-state index < -0.39 is 12.0 Å². The number of hydrogen-bond donors (Lipinski definition) is 1. The molecule has 0 saturated heterocycles. The van der Waals surface area contributed by atoms with Crippen molar-refractivity contribution in [2.75, 3.05) is 0 Å². The lowest BCUT2D eigenvalue weighted by molar-refractivity contribution is -0.144. The average Bonchev–Trinajstić information content (AvgIpc) is 2.93. The number of carboxylic acid groups (broad SMARTS) is 1. The Balaban J connectivity index is 1.29. The number of nitrogens with zero attached hydrogens (tertiary/aromatic N) is 3. The van der Waals surface area contributed by atoms with Crippen LogP contribution in [0.25, 0.3) is 11.1 Å². The summed E-state index contributed by atoms with van der Waals surface area (Å²) >= 11 is 0. The van der Waals surface area contributed by atoms with Gasteiger partial charge < -0.3 is 9.84 Å². The van der Waals surface area contributed by atoms with Gasteiger partial charge in [-0.2, -0.15) is 5.26 Å². The highest BCUT2D eigenvalue weighted by Gasteiger charge is 2.31. The lowest BCUT2D eigenvalue weighted by atomic mass is 9.93. The number of rotatable bonds is 7. The predicted octanol–water partition coefficient (Wildman–Crippen LogP) is 5.83. The molecule has 1 N–H and O–H groups in total. The SMILES string of the molecule is Cc1cccc(-c2ccc(COc3ccc4c(c3)CN(Cc3cncc(C#N)c3)[C@H](C(=O)O)C4)cc2)c1C. The second-order valence-corrected chi connectivity index (χ2v) is 9.82. The van der Waals surface area contributed by atoms with Gasteiger partial charge in [0, 0.05) is 25.5 Å². The molecule has 38 heavy (non-hydrogen) atoms. The first-order valence-electron chi connectivity index (χ1n) is 12.6. The van der Waals surface area contributed by atoms with Crippen LogP contribution >= 0.6 is 0 Å². The molecule has 6 heteroatoms. The van der Waals surface area contributed by atoms with Gasteiger partial charge >= 0.3 is 5.97 Å². The summed E-state index contributed by atoms with van der Waals surface area (Å²) < 4.78 is 6.12. The molecule has 0 radical (unpaired) electrons. The number of aryl methyl sites for hydroxylation is 1. The molecular weight excluding hydrogens is 474 g/mol. The summed E-state index contributed by atoms with van der Waals surface area (Å²) in [6.45, 7) is 5.60. The number of benzene rings is 3. The van der Waals surface area contributed by atoms with Gasteiger partial charge in [0.05, 0.1) is 5.56 Å². The largest absolute Gasteiger partial charge is 0.489 e. The zero-order valence-electron chi connectivity index (χ0n) is 21.5. The summed E-state index contributed by atoms with van der Waals surface area (Å²) in [6.07, 6.45) is 3.60. The van der Waals surface area contributed by atoms with E-state index in [1.807, 2.05) is 23.1 Å². The van der Waals surface area contributed by atoms with Gasteiger partial charge in [-0.3, -0.25) is 14.7 Å². The van der Waals surface area contributed by atoms with Gasteiger partial charge in [-0.15, -0.1) is 0 Å². The van der Waals surface area contributed by atoms with E-state index in [-0.39, 0.29) is 0 Å². The fraction of sp³-hybridized carbons (Fsp3) is 0.219. The number of nitriles is 1. The van der Waals surface area contributed by atoms with Gasteiger partial charge in [-0.05, 0) is 83.0 Å². The molecule has 2 heterocycles. The lowest BCUT2D eigenvalue weighted by Crippen LogP contribution is -2.45. The standard InChI is InChI=1S/C32H29N3O3/c1-21-4-3-5-30(22(21)2)26-8-6-23(7-9-26)20-38-29-11-10-27-14-31(32(36)37)35(19-28(27)13-29)18-25-12-24(15-33)16-34-17-25/h3-13,16-17,31H,14,18-20H2,1-2H3,(H,36,37)/t31-/m0/s1. The van der Waals surface area contributed by atoms with Crippen LogP contribution in [0.1, 0.15) is 38.9 Å². The van der Waals surface area contributed by atoms with Crippen molar-refractivity contribution in [3.8, 4) is 22.9 Å². The molecule has 1 aliphatic rings. The summed E-state index contributed by atoms with van der Waals surface area (Å²) in [7, 11) is 0. The van der Waals surface area contributed by atoms with E-state index in [1.165, 1.54) is 28.5 Å². The Labute approximate surface area is 222 Å². The molecular formula is C32H29N3O3. The molecule has 1 aromatic heterocycles. The highest BCUT2D eigenvalue weighted by molar-refractivity contribution is 5.74. The van der Waals surface area contributed by atoms with Crippen molar-refractivity contribution in [2.24, 2.45) is 0 Å². The first-order chi connectivity index (χ1) is 18.4. The van der Waals surface area contributed by atoms with Crippen LogP contribution in [0.2, 0.25) is 0 Å². The number of carboxylic acids is 1. The zero-order valence-corrected chi connectivity index (χ0v) is 21.5. The van der Waals surface area contributed by atoms with E-state index in [4.69, 9.17) is 4.74 Å². The Kier molecular flexibility index (Phi) is 7.21. The van der Waals surface area contributed by atoms with Crippen LogP contribution in [0.3, 0.4) is 0 Å². The average molecular weight is 504 g/mol. The maximum absolute atomic E-state index is 12.0. The number of carbonyl (C=O) groups is 1. The second kappa shape index (κ2) is 10.9. The fourth-order valence-electron chi connectivity index (χ4n) is 5.00. The molecule has 0 bridgehead atoms. The van der Waals surface area contributed by atoms with E-state index in [1.54, 1.807) is 12.3 Å². The van der Waals surface area contributed by atoms with Gasteiger partial charge in [0.2, 0.25) is 0 Å². The first-order valence-corrected chi connectivity index (χ1v) is 12.6. The maximum Gasteiger partial charge on any atom is 0.321 e. The molecule has 190 valence electrons. The Morgan fingerprint density at radius 1 is 1.05 bits per heavy atom. The van der Waals surface area contributed by atoms with Gasteiger partial charge in [0.1, 0.15) is 24.5 Å². The van der Waals surface area contributed by atoms with Crippen LogP contribution < -0.4 is 4.74 Å². The summed E-state index contributed by atoms with van der Waals surface area (Å²) in [6, 6.07) is 23.9. The Bertz CT molecular complexity index is 1520. The van der Waals surface area contributed by atoms with E-state index >= 15 is 0 Å². The highest BCUT2D eigenvalue weighted by Crippen LogP contribution is 2.30. The van der Waals surface area contributed by atoms with Crippen molar-refractivity contribution in [1.29, 1.82) is 5.26 Å². The van der Waals surface area contributed by atoms with Crippen LogP contribution in [0, 0.1) is 25.2 Å². The van der Waals surface area contributed by atoms with Gasteiger partial charge in [0.15, 0.2) is 0 Å². The third kappa shape index (κ3) is 5.44. The number of aromatic nitrogens is 1. The van der Waals surface area contributed by atoms with E-state index in [2.05, 4.69) is 67.4 Å². The van der Waals surface area contributed by atoms with Crippen molar-refractivity contribution in [2.45, 2.75) is 46.0 Å². The summed E-state index contributed by atoms with van der Waals surface area (Å²) in [4.78, 5) is 18.1. The molecule has 0 saturated carbocycles. The third-order valence-electron chi connectivity index (χ3n) is 7.27. The molecule has 3 aromatic carbocycles. The second-order valence-electron chi connectivity index (χ2n) is 9.82.